The van der Waals surface area contributed by atoms with Gasteiger partial charge in [0.1, 0.15) is 5.82 Å². The molecule has 0 aliphatic heterocycles. The van der Waals surface area contributed by atoms with E-state index in [2.05, 4.69) is 5.32 Å². The Balaban J connectivity index is 1.83. The lowest BCUT2D eigenvalue weighted by atomic mass is 9.85. The van der Waals surface area contributed by atoms with Crippen LogP contribution in [0.4, 0.5) is 5.69 Å². The second-order valence-corrected chi connectivity index (χ2v) is 6.91. The van der Waals surface area contributed by atoms with Crippen LogP contribution in [0.3, 0.4) is 0 Å². The van der Waals surface area contributed by atoms with Gasteiger partial charge >= 0.3 is 0 Å². The molecule has 4 heteroatoms. The number of aromatic nitrogens is 2. The SMILES string of the molecule is NCCNc1cnc(C2CCCCC2)nc1C1CCCCC1. The maximum Gasteiger partial charge on any atom is 0.131 e. The van der Waals surface area contributed by atoms with Crippen LogP contribution in [0.2, 0.25) is 0 Å². The fraction of sp³-hybridized carbons (Fsp3) is 0.778. The lowest BCUT2D eigenvalue weighted by molar-refractivity contribution is 0.416. The Bertz CT molecular complexity index is 462. The van der Waals surface area contributed by atoms with Crippen molar-refractivity contribution in [1.29, 1.82) is 0 Å². The van der Waals surface area contributed by atoms with Gasteiger partial charge in [0.25, 0.3) is 0 Å². The molecule has 0 spiro atoms. The van der Waals surface area contributed by atoms with Crippen molar-refractivity contribution in [2.45, 2.75) is 76.0 Å². The van der Waals surface area contributed by atoms with Crippen LogP contribution in [0.5, 0.6) is 0 Å². The highest BCUT2D eigenvalue weighted by atomic mass is 15.0. The molecule has 0 radical (unpaired) electrons. The first-order valence-corrected chi connectivity index (χ1v) is 9.19. The van der Waals surface area contributed by atoms with E-state index in [0.717, 1.165) is 18.1 Å². The zero-order valence-corrected chi connectivity index (χ0v) is 13.7. The molecule has 2 aliphatic carbocycles. The summed E-state index contributed by atoms with van der Waals surface area (Å²) < 4.78 is 0. The maximum absolute atomic E-state index is 5.65. The van der Waals surface area contributed by atoms with Gasteiger partial charge in [-0.2, -0.15) is 0 Å². The van der Waals surface area contributed by atoms with Crippen molar-refractivity contribution in [1.82, 2.24) is 9.97 Å². The van der Waals surface area contributed by atoms with Gasteiger partial charge in [0, 0.05) is 24.9 Å². The lowest BCUT2D eigenvalue weighted by Crippen LogP contribution is -2.19. The van der Waals surface area contributed by atoms with Crippen LogP contribution in [0.1, 0.15) is 87.6 Å². The van der Waals surface area contributed by atoms with Gasteiger partial charge in [-0.25, -0.2) is 9.97 Å². The smallest absolute Gasteiger partial charge is 0.131 e. The fourth-order valence-corrected chi connectivity index (χ4v) is 4.00. The van der Waals surface area contributed by atoms with Crippen molar-refractivity contribution in [2.24, 2.45) is 5.73 Å². The molecule has 4 nitrogen and oxygen atoms in total. The van der Waals surface area contributed by atoms with Gasteiger partial charge in [-0.05, 0) is 25.7 Å². The normalized spacial score (nSPS) is 21.0. The minimum absolute atomic E-state index is 0.583. The molecule has 2 aliphatic rings. The Kier molecular flexibility index (Phi) is 5.65. The van der Waals surface area contributed by atoms with E-state index in [9.17, 15) is 0 Å². The fourth-order valence-electron chi connectivity index (χ4n) is 4.00. The molecule has 1 aromatic rings. The number of nitrogens with two attached hydrogens (primary N) is 1. The van der Waals surface area contributed by atoms with Crippen molar-refractivity contribution >= 4 is 5.69 Å². The Morgan fingerprint density at radius 1 is 0.955 bits per heavy atom. The molecular formula is C18H30N4. The summed E-state index contributed by atoms with van der Waals surface area (Å²) in [6.45, 7) is 1.44. The van der Waals surface area contributed by atoms with E-state index < -0.39 is 0 Å². The number of anilines is 1. The predicted molar refractivity (Wildman–Crippen MR) is 91.2 cm³/mol. The van der Waals surface area contributed by atoms with Crippen molar-refractivity contribution in [3.8, 4) is 0 Å². The molecule has 3 N–H and O–H groups in total. The minimum atomic E-state index is 0.583. The molecular weight excluding hydrogens is 272 g/mol. The molecule has 0 atom stereocenters. The Morgan fingerprint density at radius 2 is 1.59 bits per heavy atom. The Labute approximate surface area is 134 Å². The third-order valence-electron chi connectivity index (χ3n) is 5.26. The molecule has 3 rings (SSSR count). The first kappa shape index (κ1) is 15.7. The van der Waals surface area contributed by atoms with Crippen LogP contribution in [0.25, 0.3) is 0 Å². The number of hydrogen-bond acceptors (Lipinski definition) is 4. The van der Waals surface area contributed by atoms with Crippen LogP contribution < -0.4 is 11.1 Å². The molecule has 22 heavy (non-hydrogen) atoms. The van der Waals surface area contributed by atoms with Gasteiger partial charge in [0.2, 0.25) is 0 Å². The highest BCUT2D eigenvalue weighted by Gasteiger charge is 2.24. The third kappa shape index (κ3) is 3.78. The van der Waals surface area contributed by atoms with Gasteiger partial charge in [-0.3, -0.25) is 0 Å². The van der Waals surface area contributed by atoms with Crippen molar-refractivity contribution in [3.05, 3.63) is 17.7 Å². The van der Waals surface area contributed by atoms with Gasteiger partial charge in [0.05, 0.1) is 17.6 Å². The molecule has 0 amide bonds. The summed E-state index contributed by atoms with van der Waals surface area (Å²) in [5.41, 5.74) is 8.04. The highest BCUT2D eigenvalue weighted by Crippen LogP contribution is 2.37. The topological polar surface area (TPSA) is 63.8 Å². The largest absolute Gasteiger partial charge is 0.381 e. The quantitative estimate of drug-likeness (QED) is 0.864. The summed E-state index contributed by atoms with van der Waals surface area (Å²) in [6.07, 6.45) is 15.2. The van der Waals surface area contributed by atoms with E-state index in [0.29, 0.717) is 18.4 Å². The van der Waals surface area contributed by atoms with Gasteiger partial charge < -0.3 is 11.1 Å². The monoisotopic (exact) mass is 302 g/mol. The van der Waals surface area contributed by atoms with Gasteiger partial charge in [0.15, 0.2) is 0 Å². The van der Waals surface area contributed by atoms with Crippen LogP contribution in [-0.4, -0.2) is 23.1 Å². The van der Waals surface area contributed by atoms with E-state index in [1.54, 1.807) is 0 Å². The van der Waals surface area contributed by atoms with Crippen LogP contribution >= 0.6 is 0 Å². The summed E-state index contributed by atoms with van der Waals surface area (Å²) in [4.78, 5) is 9.75. The number of nitrogens with one attached hydrogen (secondary N) is 1. The van der Waals surface area contributed by atoms with Crippen molar-refractivity contribution < 1.29 is 0 Å². The Morgan fingerprint density at radius 3 is 2.23 bits per heavy atom. The summed E-state index contributed by atoms with van der Waals surface area (Å²) >= 11 is 0. The summed E-state index contributed by atoms with van der Waals surface area (Å²) in [5.74, 6) is 2.29. The van der Waals surface area contributed by atoms with Crippen LogP contribution in [0, 0.1) is 0 Å². The highest BCUT2D eigenvalue weighted by molar-refractivity contribution is 5.48. The molecule has 0 saturated heterocycles. The van der Waals surface area contributed by atoms with Gasteiger partial charge in [-0.15, -0.1) is 0 Å². The maximum atomic E-state index is 5.65. The molecule has 0 bridgehead atoms. The standard InChI is InChI=1S/C18H30N4/c19-11-12-20-16-13-21-18(15-9-5-2-6-10-15)22-17(16)14-7-3-1-4-8-14/h13-15,20H,1-12,19H2. The number of hydrogen-bond donors (Lipinski definition) is 2. The molecule has 1 aromatic heterocycles. The predicted octanol–water partition coefficient (Wildman–Crippen LogP) is 3.94. The molecule has 1 heterocycles. The van der Waals surface area contributed by atoms with Crippen molar-refractivity contribution in [3.63, 3.8) is 0 Å². The summed E-state index contributed by atoms with van der Waals surface area (Å²) in [5, 5.41) is 3.44. The van der Waals surface area contributed by atoms with Crippen molar-refractivity contribution in [2.75, 3.05) is 18.4 Å². The van der Waals surface area contributed by atoms with Crippen LogP contribution in [0.15, 0.2) is 6.20 Å². The zero-order valence-electron chi connectivity index (χ0n) is 13.7. The van der Waals surface area contributed by atoms with E-state index in [1.165, 1.54) is 69.9 Å². The molecule has 0 unspecified atom stereocenters. The number of rotatable bonds is 5. The molecule has 122 valence electrons. The average Bonchev–Trinajstić information content (AvgIpc) is 2.61. The molecule has 2 saturated carbocycles. The average molecular weight is 302 g/mol. The second-order valence-electron chi connectivity index (χ2n) is 6.91. The van der Waals surface area contributed by atoms with E-state index in [-0.39, 0.29) is 0 Å². The van der Waals surface area contributed by atoms with E-state index in [1.807, 2.05) is 6.20 Å². The lowest BCUT2D eigenvalue weighted by Gasteiger charge is -2.26. The van der Waals surface area contributed by atoms with E-state index >= 15 is 0 Å². The van der Waals surface area contributed by atoms with Gasteiger partial charge in [-0.1, -0.05) is 38.5 Å². The second kappa shape index (κ2) is 7.91. The zero-order chi connectivity index (χ0) is 15.2. The molecule has 0 aromatic carbocycles. The van der Waals surface area contributed by atoms with Crippen LogP contribution in [-0.2, 0) is 0 Å². The Hall–Kier alpha value is -1.16. The first-order chi connectivity index (χ1) is 10.9. The first-order valence-electron chi connectivity index (χ1n) is 9.19. The minimum Gasteiger partial charge on any atom is -0.381 e. The number of nitrogens with zero attached hydrogens (tertiary/aromatic N) is 2. The summed E-state index contributed by atoms with van der Waals surface area (Å²) in [7, 11) is 0. The van der Waals surface area contributed by atoms with E-state index in [4.69, 9.17) is 15.7 Å². The molecule has 2 fully saturated rings. The summed E-state index contributed by atoms with van der Waals surface area (Å²) in [6, 6.07) is 0. The third-order valence-corrected chi connectivity index (χ3v) is 5.26.